The molecule has 2 heteroatoms. The van der Waals surface area contributed by atoms with Crippen LogP contribution in [-0.2, 0) is 0 Å². The van der Waals surface area contributed by atoms with Crippen LogP contribution in [0.15, 0.2) is 30.3 Å². The summed E-state index contributed by atoms with van der Waals surface area (Å²) in [5.41, 5.74) is 1.25. The van der Waals surface area contributed by atoms with Crippen LogP contribution in [0.25, 0.3) is 0 Å². The molecule has 0 unspecified atom stereocenters. The maximum Gasteiger partial charge on any atom is 0.103 e. The van der Waals surface area contributed by atoms with Crippen LogP contribution in [0, 0.1) is 0 Å². The lowest BCUT2D eigenvalue weighted by atomic mass is 9.94. The van der Waals surface area contributed by atoms with Crippen molar-refractivity contribution in [3.05, 3.63) is 35.9 Å². The molecule has 0 spiro atoms. The van der Waals surface area contributed by atoms with Gasteiger partial charge in [0.1, 0.15) is 6.17 Å². The Kier molecular flexibility index (Phi) is 3.37. The highest BCUT2D eigenvalue weighted by Crippen LogP contribution is 2.31. The van der Waals surface area contributed by atoms with Crippen molar-refractivity contribution in [2.45, 2.75) is 32.0 Å². The molecule has 1 aromatic rings. The number of rotatable bonds is 2. The van der Waals surface area contributed by atoms with Gasteiger partial charge >= 0.3 is 0 Å². The molecule has 1 aliphatic heterocycles. The number of hydrogen-bond acceptors (Lipinski definition) is 1. The quantitative estimate of drug-likeness (QED) is 0.720. The number of likely N-dealkylation sites (tertiary alicyclic amines) is 1. The van der Waals surface area contributed by atoms with Gasteiger partial charge in [-0.3, -0.25) is 4.90 Å². The second kappa shape index (κ2) is 4.75. The standard InChI is InChI=1S/C13H18FN/c1-2-15-9-8-12(14)10-13(15)11-6-4-3-5-7-11/h3-7,12-13H,2,8-10H2,1H3/t12-,13-/m1/s1. The van der Waals surface area contributed by atoms with E-state index in [-0.39, 0.29) is 6.04 Å². The van der Waals surface area contributed by atoms with E-state index in [0.29, 0.717) is 12.8 Å². The lowest BCUT2D eigenvalue weighted by Crippen LogP contribution is -2.37. The number of hydrogen-bond donors (Lipinski definition) is 0. The molecule has 82 valence electrons. The van der Waals surface area contributed by atoms with Gasteiger partial charge in [-0.05, 0) is 24.9 Å². The minimum absolute atomic E-state index is 0.278. The smallest absolute Gasteiger partial charge is 0.103 e. The van der Waals surface area contributed by atoms with Gasteiger partial charge in [-0.1, -0.05) is 37.3 Å². The molecule has 1 nitrogen and oxygen atoms in total. The molecule has 0 aromatic heterocycles. The molecule has 2 atom stereocenters. The zero-order valence-electron chi connectivity index (χ0n) is 9.20. The summed E-state index contributed by atoms with van der Waals surface area (Å²) in [6, 6.07) is 10.6. The second-order valence-corrected chi connectivity index (χ2v) is 4.18. The van der Waals surface area contributed by atoms with Crippen LogP contribution in [0.3, 0.4) is 0 Å². The molecule has 0 radical (unpaired) electrons. The maximum absolute atomic E-state index is 13.4. The van der Waals surface area contributed by atoms with E-state index < -0.39 is 6.17 Å². The molecule has 1 aliphatic rings. The van der Waals surface area contributed by atoms with Gasteiger partial charge in [-0.25, -0.2) is 4.39 Å². The molecular formula is C13H18FN. The predicted octanol–water partition coefficient (Wildman–Crippen LogP) is 3.18. The van der Waals surface area contributed by atoms with E-state index in [0.717, 1.165) is 13.1 Å². The zero-order chi connectivity index (χ0) is 10.7. The highest BCUT2D eigenvalue weighted by molar-refractivity contribution is 5.19. The van der Waals surface area contributed by atoms with Gasteiger partial charge in [0, 0.05) is 12.6 Å². The largest absolute Gasteiger partial charge is 0.296 e. The number of alkyl halides is 1. The monoisotopic (exact) mass is 207 g/mol. The highest BCUT2D eigenvalue weighted by atomic mass is 19.1. The summed E-state index contributed by atoms with van der Waals surface area (Å²) in [5.74, 6) is 0. The van der Waals surface area contributed by atoms with E-state index in [9.17, 15) is 4.39 Å². The van der Waals surface area contributed by atoms with Crippen molar-refractivity contribution in [3.8, 4) is 0 Å². The number of nitrogens with zero attached hydrogens (tertiary/aromatic N) is 1. The predicted molar refractivity (Wildman–Crippen MR) is 60.6 cm³/mol. The summed E-state index contributed by atoms with van der Waals surface area (Å²) in [5, 5.41) is 0. The molecule has 0 N–H and O–H groups in total. The molecule has 1 aromatic carbocycles. The summed E-state index contributed by atoms with van der Waals surface area (Å²) in [7, 11) is 0. The van der Waals surface area contributed by atoms with Crippen molar-refractivity contribution in [2.75, 3.05) is 13.1 Å². The van der Waals surface area contributed by atoms with Gasteiger partial charge in [0.25, 0.3) is 0 Å². The van der Waals surface area contributed by atoms with Crippen molar-refractivity contribution in [3.63, 3.8) is 0 Å². The lowest BCUT2D eigenvalue weighted by molar-refractivity contribution is 0.0950. The van der Waals surface area contributed by atoms with E-state index in [1.165, 1.54) is 5.56 Å². The van der Waals surface area contributed by atoms with E-state index >= 15 is 0 Å². The fourth-order valence-electron chi connectivity index (χ4n) is 2.37. The third-order valence-corrected chi connectivity index (χ3v) is 3.24. The van der Waals surface area contributed by atoms with Crippen molar-refractivity contribution < 1.29 is 4.39 Å². The first-order valence-electron chi connectivity index (χ1n) is 5.74. The minimum atomic E-state index is -0.627. The molecule has 1 saturated heterocycles. The zero-order valence-corrected chi connectivity index (χ0v) is 9.20. The summed E-state index contributed by atoms with van der Waals surface area (Å²) in [6.07, 6.45) is 0.715. The first-order valence-corrected chi connectivity index (χ1v) is 5.74. The number of piperidine rings is 1. The van der Waals surface area contributed by atoms with Gasteiger partial charge in [-0.2, -0.15) is 0 Å². The van der Waals surface area contributed by atoms with E-state index in [1.54, 1.807) is 0 Å². The van der Waals surface area contributed by atoms with E-state index in [4.69, 9.17) is 0 Å². The Bertz CT molecular complexity index is 299. The van der Waals surface area contributed by atoms with Gasteiger partial charge < -0.3 is 0 Å². The third-order valence-electron chi connectivity index (χ3n) is 3.24. The van der Waals surface area contributed by atoms with Crippen molar-refractivity contribution in [2.24, 2.45) is 0 Å². The fraction of sp³-hybridized carbons (Fsp3) is 0.538. The Morgan fingerprint density at radius 2 is 2.07 bits per heavy atom. The molecule has 2 rings (SSSR count). The van der Waals surface area contributed by atoms with Crippen molar-refractivity contribution >= 4 is 0 Å². The van der Waals surface area contributed by atoms with Crippen molar-refractivity contribution in [1.29, 1.82) is 0 Å². The molecule has 0 saturated carbocycles. The Balaban J connectivity index is 2.17. The third kappa shape index (κ3) is 2.37. The summed E-state index contributed by atoms with van der Waals surface area (Å²) in [4.78, 5) is 2.37. The summed E-state index contributed by atoms with van der Waals surface area (Å²) >= 11 is 0. The molecule has 15 heavy (non-hydrogen) atoms. The van der Waals surface area contributed by atoms with E-state index in [1.807, 2.05) is 18.2 Å². The minimum Gasteiger partial charge on any atom is -0.296 e. The fourth-order valence-corrected chi connectivity index (χ4v) is 2.37. The van der Waals surface area contributed by atoms with Crippen LogP contribution in [0.4, 0.5) is 4.39 Å². The van der Waals surface area contributed by atoms with E-state index in [2.05, 4.69) is 24.0 Å². The van der Waals surface area contributed by atoms with Crippen LogP contribution in [0.1, 0.15) is 31.4 Å². The average molecular weight is 207 g/mol. The van der Waals surface area contributed by atoms with Gasteiger partial charge in [0.2, 0.25) is 0 Å². The summed E-state index contributed by atoms with van der Waals surface area (Å²) < 4.78 is 13.4. The maximum atomic E-state index is 13.4. The Hall–Kier alpha value is -0.890. The molecule has 1 fully saturated rings. The SMILES string of the molecule is CCN1CC[C@@H](F)C[C@@H]1c1ccccc1. The highest BCUT2D eigenvalue weighted by Gasteiger charge is 2.28. The number of benzene rings is 1. The average Bonchev–Trinajstić information content (AvgIpc) is 2.30. The first-order chi connectivity index (χ1) is 7.31. The molecule has 0 amide bonds. The van der Waals surface area contributed by atoms with Crippen LogP contribution < -0.4 is 0 Å². The molecule has 1 heterocycles. The topological polar surface area (TPSA) is 3.24 Å². The van der Waals surface area contributed by atoms with Gasteiger partial charge in [0.05, 0.1) is 0 Å². The number of halogens is 1. The van der Waals surface area contributed by atoms with Crippen LogP contribution in [0.5, 0.6) is 0 Å². The second-order valence-electron chi connectivity index (χ2n) is 4.18. The normalized spacial score (nSPS) is 27.9. The van der Waals surface area contributed by atoms with Crippen LogP contribution in [0.2, 0.25) is 0 Å². The van der Waals surface area contributed by atoms with Crippen molar-refractivity contribution in [1.82, 2.24) is 4.90 Å². The van der Waals surface area contributed by atoms with Gasteiger partial charge in [0.15, 0.2) is 0 Å². The molecular weight excluding hydrogens is 189 g/mol. The molecule has 0 bridgehead atoms. The van der Waals surface area contributed by atoms with Crippen LogP contribution >= 0.6 is 0 Å². The Morgan fingerprint density at radius 1 is 1.33 bits per heavy atom. The Morgan fingerprint density at radius 3 is 2.73 bits per heavy atom. The summed E-state index contributed by atoms with van der Waals surface area (Å²) in [6.45, 7) is 4.04. The molecule has 0 aliphatic carbocycles. The van der Waals surface area contributed by atoms with Crippen LogP contribution in [-0.4, -0.2) is 24.2 Å². The first kappa shape index (κ1) is 10.6. The Labute approximate surface area is 90.9 Å². The lowest BCUT2D eigenvalue weighted by Gasteiger charge is -2.36. The van der Waals surface area contributed by atoms with Gasteiger partial charge in [-0.15, -0.1) is 0 Å².